The van der Waals surface area contributed by atoms with Crippen molar-refractivity contribution in [3.05, 3.63) is 41.6 Å². The van der Waals surface area contributed by atoms with Crippen LogP contribution in [-0.4, -0.2) is 19.9 Å². The molecule has 146 valence electrons. The van der Waals surface area contributed by atoms with Crippen molar-refractivity contribution in [1.82, 2.24) is 19.9 Å². The van der Waals surface area contributed by atoms with Crippen molar-refractivity contribution < 1.29 is 30.9 Å². The number of alkyl halides is 6. The van der Waals surface area contributed by atoms with Crippen molar-refractivity contribution in [3.8, 4) is 22.2 Å². The molecule has 0 unspecified atom stereocenters. The van der Waals surface area contributed by atoms with Gasteiger partial charge in [0.15, 0.2) is 5.69 Å². The molecule has 0 amide bonds. The lowest BCUT2D eigenvalue weighted by Gasteiger charge is -2.05. The van der Waals surface area contributed by atoms with Crippen LogP contribution in [-0.2, 0) is 19.4 Å². The van der Waals surface area contributed by atoms with Gasteiger partial charge in [-0.15, -0.1) is 11.3 Å². The van der Waals surface area contributed by atoms with Crippen LogP contribution in [0.2, 0.25) is 0 Å². The molecule has 0 aliphatic heterocycles. The molecular formula is C16H8F6N4OS. The Bertz CT molecular complexity index is 1150. The van der Waals surface area contributed by atoms with Crippen LogP contribution in [0.4, 0.5) is 26.3 Å². The Balaban J connectivity index is 1.70. The van der Waals surface area contributed by atoms with E-state index in [4.69, 9.17) is 4.52 Å². The standard InChI is InChI=1S/C16H8F6N4OS/c1-26-14-9(11(24-26)16(20,21)22)6-10(28-14)13-23-12(25-27-13)7-2-4-8(5-3-7)15(17,18)19/h2-6H,1H3. The highest BCUT2D eigenvalue weighted by atomic mass is 32.1. The molecular weight excluding hydrogens is 410 g/mol. The summed E-state index contributed by atoms with van der Waals surface area (Å²) in [6.45, 7) is 0. The average Bonchev–Trinajstić information content (AvgIpc) is 3.29. The third-order valence-corrected chi connectivity index (χ3v) is 5.08. The van der Waals surface area contributed by atoms with E-state index < -0.39 is 23.6 Å². The first-order chi connectivity index (χ1) is 13.0. The first-order valence-corrected chi connectivity index (χ1v) is 8.41. The number of hydrogen-bond donors (Lipinski definition) is 0. The lowest BCUT2D eigenvalue weighted by Crippen LogP contribution is -2.07. The van der Waals surface area contributed by atoms with Gasteiger partial charge in [0.2, 0.25) is 5.82 Å². The molecule has 0 N–H and O–H groups in total. The predicted octanol–water partition coefficient (Wildman–Crippen LogP) is 5.39. The van der Waals surface area contributed by atoms with Crippen LogP contribution >= 0.6 is 11.3 Å². The van der Waals surface area contributed by atoms with Crippen molar-refractivity contribution in [2.24, 2.45) is 7.05 Å². The van der Waals surface area contributed by atoms with Gasteiger partial charge in [-0.25, -0.2) is 0 Å². The van der Waals surface area contributed by atoms with E-state index in [1.807, 2.05) is 0 Å². The van der Waals surface area contributed by atoms with Gasteiger partial charge in [0.05, 0.1) is 10.4 Å². The zero-order chi connectivity index (χ0) is 20.3. The van der Waals surface area contributed by atoms with Crippen LogP contribution < -0.4 is 0 Å². The minimum absolute atomic E-state index is 0.0235. The fourth-order valence-electron chi connectivity index (χ4n) is 2.60. The van der Waals surface area contributed by atoms with Crippen molar-refractivity contribution >= 4 is 21.6 Å². The van der Waals surface area contributed by atoms with Crippen LogP contribution in [0.1, 0.15) is 11.3 Å². The minimum Gasteiger partial charge on any atom is -0.333 e. The number of halogens is 6. The van der Waals surface area contributed by atoms with Gasteiger partial charge >= 0.3 is 12.4 Å². The van der Waals surface area contributed by atoms with Crippen LogP contribution in [0, 0.1) is 0 Å². The largest absolute Gasteiger partial charge is 0.435 e. The van der Waals surface area contributed by atoms with Crippen molar-refractivity contribution in [1.29, 1.82) is 0 Å². The van der Waals surface area contributed by atoms with Crippen LogP contribution in [0.5, 0.6) is 0 Å². The van der Waals surface area contributed by atoms with E-state index in [9.17, 15) is 26.3 Å². The number of thiophene rings is 1. The molecule has 0 aliphatic rings. The topological polar surface area (TPSA) is 56.7 Å². The predicted molar refractivity (Wildman–Crippen MR) is 87.3 cm³/mol. The van der Waals surface area contributed by atoms with Gasteiger partial charge in [-0.3, -0.25) is 4.68 Å². The maximum atomic E-state index is 13.1. The zero-order valence-electron chi connectivity index (χ0n) is 13.8. The molecule has 4 rings (SSSR count). The highest BCUT2D eigenvalue weighted by molar-refractivity contribution is 7.21. The fraction of sp³-hybridized carbons (Fsp3) is 0.188. The molecule has 1 aromatic carbocycles. The Morgan fingerprint density at radius 3 is 2.29 bits per heavy atom. The Kier molecular flexibility index (Phi) is 4.00. The highest BCUT2D eigenvalue weighted by Crippen LogP contribution is 2.40. The Morgan fingerprint density at radius 1 is 1.00 bits per heavy atom. The van der Waals surface area contributed by atoms with Crippen molar-refractivity contribution in [2.75, 3.05) is 0 Å². The zero-order valence-corrected chi connectivity index (χ0v) is 14.6. The third-order valence-electron chi connectivity index (χ3n) is 3.89. The summed E-state index contributed by atoms with van der Waals surface area (Å²) in [5, 5.41) is 7.08. The maximum absolute atomic E-state index is 13.1. The summed E-state index contributed by atoms with van der Waals surface area (Å²) in [5.74, 6) is -0.0143. The molecule has 0 aliphatic carbocycles. The number of benzene rings is 1. The number of rotatable bonds is 2. The second-order valence-corrected chi connectivity index (χ2v) is 6.83. The highest BCUT2D eigenvalue weighted by Gasteiger charge is 2.37. The van der Waals surface area contributed by atoms with E-state index in [2.05, 4.69) is 15.2 Å². The molecule has 0 atom stereocenters. The summed E-state index contributed by atoms with van der Waals surface area (Å²) in [4.78, 5) is 4.64. The van der Waals surface area contributed by atoms with E-state index >= 15 is 0 Å². The molecule has 3 heterocycles. The molecule has 0 saturated heterocycles. The molecule has 4 aromatic rings. The van der Waals surface area contributed by atoms with Crippen molar-refractivity contribution in [2.45, 2.75) is 12.4 Å². The van der Waals surface area contributed by atoms with Crippen LogP contribution in [0.3, 0.4) is 0 Å². The molecule has 0 fully saturated rings. The lowest BCUT2D eigenvalue weighted by atomic mass is 10.1. The number of fused-ring (bicyclic) bond motifs is 1. The van der Waals surface area contributed by atoms with Gasteiger partial charge in [0.1, 0.15) is 4.83 Å². The normalized spacial score (nSPS) is 12.8. The number of aryl methyl sites for hydroxylation is 1. The van der Waals surface area contributed by atoms with E-state index in [0.29, 0.717) is 4.88 Å². The van der Waals surface area contributed by atoms with E-state index in [1.54, 1.807) is 0 Å². The molecule has 12 heteroatoms. The minimum atomic E-state index is -4.61. The molecule has 0 radical (unpaired) electrons. The summed E-state index contributed by atoms with van der Waals surface area (Å²) in [5.41, 5.74) is -1.56. The molecule has 28 heavy (non-hydrogen) atoms. The Labute approximate surface area is 156 Å². The summed E-state index contributed by atoms with van der Waals surface area (Å²) in [6, 6.07) is 5.39. The summed E-state index contributed by atoms with van der Waals surface area (Å²) < 4.78 is 83.3. The van der Waals surface area contributed by atoms with Gasteiger partial charge < -0.3 is 4.52 Å². The number of nitrogens with zero attached hydrogens (tertiary/aromatic N) is 4. The van der Waals surface area contributed by atoms with E-state index in [0.717, 1.165) is 28.2 Å². The molecule has 3 aromatic heterocycles. The quantitative estimate of drug-likeness (QED) is 0.410. The van der Waals surface area contributed by atoms with Gasteiger partial charge in [0, 0.05) is 18.0 Å². The first-order valence-electron chi connectivity index (χ1n) is 7.59. The van der Waals surface area contributed by atoms with Gasteiger partial charge in [-0.2, -0.15) is 36.4 Å². The lowest BCUT2D eigenvalue weighted by molar-refractivity contribution is -0.140. The second kappa shape index (κ2) is 6.06. The fourth-order valence-corrected chi connectivity index (χ4v) is 3.60. The number of aromatic nitrogens is 4. The molecule has 5 nitrogen and oxygen atoms in total. The van der Waals surface area contributed by atoms with Crippen LogP contribution in [0.25, 0.3) is 32.4 Å². The second-order valence-electron chi connectivity index (χ2n) is 5.80. The maximum Gasteiger partial charge on any atom is 0.435 e. The average molecular weight is 418 g/mol. The van der Waals surface area contributed by atoms with Crippen molar-refractivity contribution in [3.63, 3.8) is 0 Å². The van der Waals surface area contributed by atoms with Gasteiger partial charge in [0.25, 0.3) is 5.89 Å². The monoisotopic (exact) mass is 418 g/mol. The molecule has 0 spiro atoms. The summed E-state index contributed by atoms with van der Waals surface area (Å²) in [6.07, 6.45) is -9.08. The van der Waals surface area contributed by atoms with Crippen LogP contribution in [0.15, 0.2) is 34.9 Å². The summed E-state index contributed by atoms with van der Waals surface area (Å²) in [7, 11) is 1.39. The SMILES string of the molecule is Cn1nc(C(F)(F)F)c2cc(-c3nc(-c4ccc(C(F)(F)F)cc4)no3)sc21. The first kappa shape index (κ1) is 18.5. The Hall–Kier alpha value is -2.89. The number of hydrogen-bond acceptors (Lipinski definition) is 5. The third kappa shape index (κ3) is 3.13. The van der Waals surface area contributed by atoms with E-state index in [-0.39, 0.29) is 27.5 Å². The smallest absolute Gasteiger partial charge is 0.333 e. The molecule has 0 bridgehead atoms. The van der Waals surface area contributed by atoms with Gasteiger partial charge in [-0.05, 0) is 18.2 Å². The van der Waals surface area contributed by atoms with E-state index in [1.165, 1.54) is 25.2 Å². The van der Waals surface area contributed by atoms with Gasteiger partial charge in [-0.1, -0.05) is 17.3 Å². The summed E-state index contributed by atoms with van der Waals surface area (Å²) >= 11 is 0.984. The Morgan fingerprint density at radius 2 is 1.68 bits per heavy atom. The molecule has 0 saturated carbocycles.